The largest absolute Gasteiger partial charge is 0.454 e. The van der Waals surface area contributed by atoms with Gasteiger partial charge in [0.1, 0.15) is 5.52 Å². The second kappa shape index (κ2) is 8.96. The maximum Gasteiger partial charge on any atom is 0.257 e. The molecule has 7 nitrogen and oxygen atoms in total. The van der Waals surface area contributed by atoms with Gasteiger partial charge in [0.25, 0.3) is 5.91 Å². The number of rotatable bonds is 4. The lowest BCUT2D eigenvalue weighted by atomic mass is 10.0. The van der Waals surface area contributed by atoms with E-state index in [0.29, 0.717) is 50.7 Å². The first-order valence-corrected chi connectivity index (χ1v) is 11.4. The standard InChI is InChI=1S/C25H20ClN3O4S/c1-13(2)14-3-7-20-19(9-14)28-24(33-20)17-11-16(5-6-18(17)26)27-25(34)29-23(30)15-4-8-21-22(10-15)32-12-31-21/h3-11,13H,12H2,1-2H3,(H2,27,29,30,34). The lowest BCUT2D eigenvalue weighted by Crippen LogP contribution is -2.34. The smallest absolute Gasteiger partial charge is 0.257 e. The first-order chi connectivity index (χ1) is 16.4. The predicted octanol–water partition coefficient (Wildman–Crippen LogP) is 6.13. The third kappa shape index (κ3) is 4.42. The number of nitrogens with one attached hydrogen (secondary N) is 2. The highest BCUT2D eigenvalue weighted by atomic mass is 35.5. The summed E-state index contributed by atoms with van der Waals surface area (Å²) in [6.45, 7) is 4.39. The van der Waals surface area contributed by atoms with Crippen LogP contribution >= 0.6 is 23.8 Å². The van der Waals surface area contributed by atoms with Crippen LogP contribution in [0.3, 0.4) is 0 Å². The summed E-state index contributed by atoms with van der Waals surface area (Å²) in [6.07, 6.45) is 0. The molecule has 1 aromatic heterocycles. The number of hydrogen-bond donors (Lipinski definition) is 2. The number of benzene rings is 3. The average Bonchev–Trinajstić information content (AvgIpc) is 3.45. The van der Waals surface area contributed by atoms with E-state index in [1.54, 1.807) is 36.4 Å². The number of amides is 1. The van der Waals surface area contributed by atoms with E-state index in [-0.39, 0.29) is 17.8 Å². The Bertz CT molecular complexity index is 1430. The van der Waals surface area contributed by atoms with Crippen molar-refractivity contribution >= 4 is 51.6 Å². The summed E-state index contributed by atoms with van der Waals surface area (Å²) in [6, 6.07) is 16.1. The van der Waals surface area contributed by atoms with Gasteiger partial charge < -0.3 is 19.2 Å². The Morgan fingerprint density at radius 1 is 1.06 bits per heavy atom. The molecule has 4 aromatic rings. The van der Waals surface area contributed by atoms with Crippen molar-refractivity contribution in [2.45, 2.75) is 19.8 Å². The average molecular weight is 494 g/mol. The minimum atomic E-state index is -0.370. The number of carbonyl (C=O) groups is 1. The zero-order valence-electron chi connectivity index (χ0n) is 18.3. The van der Waals surface area contributed by atoms with Gasteiger partial charge in [0, 0.05) is 11.3 Å². The zero-order chi connectivity index (χ0) is 23.8. The Labute approximate surface area is 206 Å². The van der Waals surface area contributed by atoms with Crippen LogP contribution in [-0.2, 0) is 0 Å². The molecule has 1 amide bonds. The monoisotopic (exact) mass is 493 g/mol. The fourth-order valence-corrected chi connectivity index (χ4v) is 3.97. The van der Waals surface area contributed by atoms with Crippen molar-refractivity contribution in [2.24, 2.45) is 0 Å². The van der Waals surface area contributed by atoms with Crippen molar-refractivity contribution in [1.29, 1.82) is 0 Å². The minimum Gasteiger partial charge on any atom is -0.454 e. The van der Waals surface area contributed by atoms with Gasteiger partial charge in [-0.2, -0.15) is 0 Å². The van der Waals surface area contributed by atoms with E-state index >= 15 is 0 Å². The Kier molecular flexibility index (Phi) is 5.85. The summed E-state index contributed by atoms with van der Waals surface area (Å²) in [5.41, 5.74) is 4.26. The lowest BCUT2D eigenvalue weighted by molar-refractivity contribution is 0.0977. The quantitative estimate of drug-likeness (QED) is 0.331. The molecule has 0 radical (unpaired) electrons. The number of nitrogens with zero attached hydrogens (tertiary/aromatic N) is 1. The van der Waals surface area contributed by atoms with Crippen LogP contribution in [0.25, 0.3) is 22.6 Å². The van der Waals surface area contributed by atoms with E-state index in [1.165, 1.54) is 5.56 Å². The van der Waals surface area contributed by atoms with Crippen LogP contribution in [0.1, 0.15) is 35.7 Å². The molecule has 1 aliphatic heterocycles. The maximum absolute atomic E-state index is 12.6. The molecule has 0 fully saturated rings. The molecule has 9 heteroatoms. The summed E-state index contributed by atoms with van der Waals surface area (Å²) in [7, 11) is 0. The SMILES string of the molecule is CC(C)c1ccc2oc(-c3cc(NC(=S)NC(=O)c4ccc5c(c4)OCO5)ccc3Cl)nc2c1. The van der Waals surface area contributed by atoms with Crippen molar-refractivity contribution in [3.63, 3.8) is 0 Å². The van der Waals surface area contributed by atoms with Crippen molar-refractivity contribution in [3.8, 4) is 23.0 Å². The van der Waals surface area contributed by atoms with Gasteiger partial charge in [0.05, 0.1) is 10.6 Å². The number of hydrogen-bond acceptors (Lipinski definition) is 6. The first-order valence-electron chi connectivity index (χ1n) is 10.6. The van der Waals surface area contributed by atoms with Gasteiger partial charge in [-0.15, -0.1) is 0 Å². The minimum absolute atomic E-state index is 0.134. The molecular weight excluding hydrogens is 474 g/mol. The third-order valence-corrected chi connectivity index (χ3v) is 5.93. The van der Waals surface area contributed by atoms with Crippen LogP contribution < -0.4 is 20.1 Å². The highest BCUT2D eigenvalue weighted by Crippen LogP contribution is 2.34. The number of aromatic nitrogens is 1. The maximum atomic E-state index is 12.6. The highest BCUT2D eigenvalue weighted by molar-refractivity contribution is 7.80. The zero-order valence-corrected chi connectivity index (χ0v) is 19.9. The molecule has 0 unspecified atom stereocenters. The van der Waals surface area contributed by atoms with E-state index in [9.17, 15) is 4.79 Å². The number of carbonyl (C=O) groups excluding carboxylic acids is 1. The van der Waals surface area contributed by atoms with E-state index in [4.69, 9.17) is 37.7 Å². The van der Waals surface area contributed by atoms with Crippen molar-refractivity contribution < 1.29 is 18.7 Å². The number of halogens is 1. The van der Waals surface area contributed by atoms with Crippen molar-refractivity contribution in [2.75, 3.05) is 12.1 Å². The summed E-state index contributed by atoms with van der Waals surface area (Å²) < 4.78 is 16.5. The topological polar surface area (TPSA) is 85.6 Å². The van der Waals surface area contributed by atoms with E-state index in [0.717, 1.165) is 5.52 Å². The van der Waals surface area contributed by atoms with E-state index in [1.807, 2.05) is 18.2 Å². The first kappa shape index (κ1) is 22.2. The van der Waals surface area contributed by atoms with Gasteiger partial charge in [0.2, 0.25) is 12.7 Å². The van der Waals surface area contributed by atoms with Gasteiger partial charge in [0.15, 0.2) is 22.2 Å². The van der Waals surface area contributed by atoms with Crippen LogP contribution in [0.15, 0.2) is 59.0 Å². The van der Waals surface area contributed by atoms with Crippen molar-refractivity contribution in [1.82, 2.24) is 10.3 Å². The molecule has 0 aliphatic carbocycles. The molecule has 0 atom stereocenters. The molecule has 0 bridgehead atoms. The second-order valence-electron chi connectivity index (χ2n) is 8.07. The summed E-state index contributed by atoms with van der Waals surface area (Å²) >= 11 is 11.8. The van der Waals surface area contributed by atoms with Gasteiger partial charge in [-0.3, -0.25) is 10.1 Å². The molecule has 2 heterocycles. The number of thiocarbonyl (C=S) groups is 1. The van der Waals surface area contributed by atoms with Crippen LogP contribution in [0.4, 0.5) is 5.69 Å². The molecular formula is C25H20ClN3O4S. The number of ether oxygens (including phenoxy) is 2. The molecule has 0 saturated carbocycles. The van der Waals surface area contributed by atoms with Crippen molar-refractivity contribution in [3.05, 3.63) is 70.7 Å². The fourth-order valence-electron chi connectivity index (χ4n) is 3.56. The van der Waals surface area contributed by atoms with Crippen LogP contribution in [0.5, 0.6) is 11.5 Å². The Hall–Kier alpha value is -3.62. The molecule has 5 rings (SSSR count). The van der Waals surface area contributed by atoms with E-state index in [2.05, 4.69) is 29.5 Å². The highest BCUT2D eigenvalue weighted by Gasteiger charge is 2.18. The number of oxazole rings is 1. The molecule has 3 aromatic carbocycles. The summed E-state index contributed by atoms with van der Waals surface area (Å²) in [5, 5.41) is 6.28. The summed E-state index contributed by atoms with van der Waals surface area (Å²) in [5.74, 6) is 1.54. The second-order valence-corrected chi connectivity index (χ2v) is 8.89. The third-order valence-electron chi connectivity index (χ3n) is 5.39. The molecule has 0 saturated heterocycles. The van der Waals surface area contributed by atoms with Crippen LogP contribution in [0.2, 0.25) is 5.02 Å². The predicted molar refractivity (Wildman–Crippen MR) is 135 cm³/mol. The van der Waals surface area contributed by atoms with Crippen LogP contribution in [0, 0.1) is 0 Å². The van der Waals surface area contributed by atoms with Gasteiger partial charge >= 0.3 is 0 Å². The van der Waals surface area contributed by atoms with Gasteiger partial charge in [-0.05, 0) is 72.2 Å². The van der Waals surface area contributed by atoms with E-state index < -0.39 is 0 Å². The molecule has 1 aliphatic rings. The lowest BCUT2D eigenvalue weighted by Gasteiger charge is -2.11. The Morgan fingerprint density at radius 2 is 1.88 bits per heavy atom. The Morgan fingerprint density at radius 3 is 2.71 bits per heavy atom. The fraction of sp³-hybridized carbons (Fsp3) is 0.160. The normalized spacial score (nSPS) is 12.2. The molecule has 0 spiro atoms. The number of anilines is 1. The van der Waals surface area contributed by atoms with Gasteiger partial charge in [-0.25, -0.2) is 4.98 Å². The number of fused-ring (bicyclic) bond motifs is 2. The van der Waals surface area contributed by atoms with Gasteiger partial charge in [-0.1, -0.05) is 31.5 Å². The molecule has 34 heavy (non-hydrogen) atoms. The molecule has 2 N–H and O–H groups in total. The molecule has 172 valence electrons. The Balaban J connectivity index is 1.33. The summed E-state index contributed by atoms with van der Waals surface area (Å²) in [4.78, 5) is 17.2. The van der Waals surface area contributed by atoms with Crippen LogP contribution in [-0.4, -0.2) is 22.8 Å².